The van der Waals surface area contributed by atoms with Gasteiger partial charge in [-0.1, -0.05) is 36.2 Å². The highest BCUT2D eigenvalue weighted by Crippen LogP contribution is 2.23. The largest absolute Gasteiger partial charge is 0.369 e. The van der Waals surface area contributed by atoms with Crippen molar-refractivity contribution < 1.29 is 9.72 Å². The van der Waals surface area contributed by atoms with Crippen LogP contribution in [-0.2, 0) is 4.79 Å². The van der Waals surface area contributed by atoms with E-state index in [4.69, 9.17) is 11.6 Å². The van der Waals surface area contributed by atoms with Crippen molar-refractivity contribution >= 4 is 40.0 Å². The lowest BCUT2D eigenvalue weighted by Crippen LogP contribution is -2.04. The normalized spacial score (nSPS) is 10.4. The SMILES string of the molecule is CC(=O)SCCCCCCNc1ncc([N+](=O)[O-])cc1Cl. The lowest BCUT2D eigenvalue weighted by molar-refractivity contribution is -0.385. The molecule has 0 radical (unpaired) electrons. The highest BCUT2D eigenvalue weighted by atomic mass is 35.5. The van der Waals surface area contributed by atoms with Gasteiger partial charge in [-0.2, -0.15) is 0 Å². The molecule has 6 nitrogen and oxygen atoms in total. The van der Waals surface area contributed by atoms with E-state index in [0.29, 0.717) is 12.4 Å². The second-order valence-electron chi connectivity index (χ2n) is 4.46. The number of rotatable bonds is 9. The number of nitrogens with one attached hydrogen (secondary N) is 1. The van der Waals surface area contributed by atoms with Gasteiger partial charge >= 0.3 is 0 Å². The number of carbonyl (C=O) groups is 1. The van der Waals surface area contributed by atoms with E-state index < -0.39 is 4.92 Å². The second-order valence-corrected chi connectivity index (χ2v) is 6.14. The molecule has 8 heteroatoms. The van der Waals surface area contributed by atoms with Gasteiger partial charge in [0, 0.05) is 25.3 Å². The van der Waals surface area contributed by atoms with Crippen molar-refractivity contribution in [3.63, 3.8) is 0 Å². The van der Waals surface area contributed by atoms with Crippen LogP contribution >= 0.6 is 23.4 Å². The molecule has 0 spiro atoms. The Labute approximate surface area is 132 Å². The summed E-state index contributed by atoms with van der Waals surface area (Å²) in [6.45, 7) is 2.29. The summed E-state index contributed by atoms with van der Waals surface area (Å²) in [7, 11) is 0. The Kier molecular flexibility index (Phi) is 8.07. The third kappa shape index (κ3) is 7.29. The van der Waals surface area contributed by atoms with Crippen LogP contribution in [0.1, 0.15) is 32.6 Å². The first-order chi connectivity index (χ1) is 10.0. The summed E-state index contributed by atoms with van der Waals surface area (Å²) in [5, 5.41) is 14.0. The maximum Gasteiger partial charge on any atom is 0.289 e. The number of hydrogen-bond acceptors (Lipinski definition) is 6. The molecule has 1 aromatic heterocycles. The van der Waals surface area contributed by atoms with Gasteiger partial charge in [0.15, 0.2) is 5.12 Å². The minimum Gasteiger partial charge on any atom is -0.369 e. The van der Waals surface area contributed by atoms with E-state index >= 15 is 0 Å². The van der Waals surface area contributed by atoms with Crippen molar-refractivity contribution in [1.82, 2.24) is 4.98 Å². The first-order valence-electron chi connectivity index (χ1n) is 6.68. The van der Waals surface area contributed by atoms with Gasteiger partial charge in [0.05, 0.1) is 9.95 Å². The van der Waals surface area contributed by atoms with Crippen LogP contribution in [0.15, 0.2) is 12.3 Å². The van der Waals surface area contributed by atoms with Crippen LogP contribution in [0.2, 0.25) is 5.02 Å². The van der Waals surface area contributed by atoms with E-state index in [2.05, 4.69) is 10.3 Å². The summed E-state index contributed by atoms with van der Waals surface area (Å²) in [6.07, 6.45) is 5.30. The summed E-state index contributed by atoms with van der Waals surface area (Å²) in [6, 6.07) is 1.29. The van der Waals surface area contributed by atoms with Gasteiger partial charge in [-0.3, -0.25) is 14.9 Å². The summed E-state index contributed by atoms with van der Waals surface area (Å²) in [4.78, 5) is 24.7. The zero-order valence-electron chi connectivity index (χ0n) is 11.8. The summed E-state index contributed by atoms with van der Waals surface area (Å²) in [5.41, 5.74) is -0.117. The first kappa shape index (κ1) is 17.7. The molecule has 116 valence electrons. The van der Waals surface area contributed by atoms with Crippen LogP contribution in [-0.4, -0.2) is 27.3 Å². The van der Waals surface area contributed by atoms with Crippen molar-refractivity contribution in [2.75, 3.05) is 17.6 Å². The standard InChI is InChI=1S/C13H18ClN3O3S/c1-10(18)21-7-5-3-2-4-6-15-13-12(14)8-11(9-16-13)17(19)20/h8-9H,2-7H2,1H3,(H,15,16). The maximum absolute atomic E-state index is 10.7. The molecule has 0 amide bonds. The minimum atomic E-state index is -0.526. The summed E-state index contributed by atoms with van der Waals surface area (Å²) < 4.78 is 0. The molecule has 1 aromatic rings. The number of unbranched alkanes of at least 4 members (excludes halogenated alkanes) is 3. The fourth-order valence-electron chi connectivity index (χ4n) is 1.66. The average molecular weight is 332 g/mol. The van der Waals surface area contributed by atoms with E-state index in [0.717, 1.165) is 31.4 Å². The van der Waals surface area contributed by atoms with Crippen molar-refractivity contribution in [2.24, 2.45) is 0 Å². The van der Waals surface area contributed by atoms with Crippen molar-refractivity contribution in [3.8, 4) is 0 Å². The smallest absolute Gasteiger partial charge is 0.289 e. The third-order valence-electron chi connectivity index (χ3n) is 2.71. The minimum absolute atomic E-state index is 0.117. The van der Waals surface area contributed by atoms with Crippen LogP contribution in [0.3, 0.4) is 0 Å². The molecule has 1 rings (SSSR count). The number of aromatic nitrogens is 1. The Hall–Kier alpha value is -1.34. The first-order valence-corrected chi connectivity index (χ1v) is 8.04. The van der Waals surface area contributed by atoms with Crippen molar-refractivity contribution in [1.29, 1.82) is 0 Å². The maximum atomic E-state index is 10.7. The molecule has 0 bridgehead atoms. The Bertz CT molecular complexity index is 500. The summed E-state index contributed by atoms with van der Waals surface area (Å²) >= 11 is 7.28. The molecule has 21 heavy (non-hydrogen) atoms. The summed E-state index contributed by atoms with van der Waals surface area (Å²) in [5.74, 6) is 1.34. The van der Waals surface area contributed by atoms with Crippen LogP contribution in [0, 0.1) is 10.1 Å². The number of halogens is 1. The zero-order chi connectivity index (χ0) is 15.7. The molecule has 0 unspecified atom stereocenters. The Morgan fingerprint density at radius 1 is 1.43 bits per heavy atom. The molecule has 0 atom stereocenters. The third-order valence-corrected chi connectivity index (χ3v) is 3.89. The number of thioether (sulfide) groups is 1. The molecular weight excluding hydrogens is 314 g/mol. The predicted molar refractivity (Wildman–Crippen MR) is 86.0 cm³/mol. The number of carbonyl (C=O) groups excluding carboxylic acids is 1. The van der Waals surface area contributed by atoms with Crippen LogP contribution in [0.4, 0.5) is 11.5 Å². The number of nitrogens with zero attached hydrogens (tertiary/aromatic N) is 2. The lowest BCUT2D eigenvalue weighted by Gasteiger charge is -2.06. The van der Waals surface area contributed by atoms with E-state index in [1.807, 2.05) is 0 Å². The van der Waals surface area contributed by atoms with Gasteiger partial charge in [-0.05, 0) is 12.8 Å². The van der Waals surface area contributed by atoms with Crippen LogP contribution < -0.4 is 5.32 Å². The molecule has 0 aromatic carbocycles. The second kappa shape index (κ2) is 9.57. The van der Waals surface area contributed by atoms with Crippen molar-refractivity contribution in [3.05, 3.63) is 27.4 Å². The highest BCUT2D eigenvalue weighted by molar-refractivity contribution is 8.13. The Morgan fingerprint density at radius 2 is 2.14 bits per heavy atom. The molecule has 0 saturated heterocycles. The zero-order valence-corrected chi connectivity index (χ0v) is 13.4. The molecule has 1 heterocycles. The number of anilines is 1. The van der Waals surface area contributed by atoms with E-state index in [1.54, 1.807) is 6.92 Å². The van der Waals surface area contributed by atoms with Crippen LogP contribution in [0.5, 0.6) is 0 Å². The average Bonchev–Trinajstić information content (AvgIpc) is 2.42. The van der Waals surface area contributed by atoms with Gasteiger partial charge in [-0.25, -0.2) is 4.98 Å². The molecule has 0 aliphatic rings. The van der Waals surface area contributed by atoms with Gasteiger partial charge in [0.1, 0.15) is 12.0 Å². The molecule has 1 N–H and O–H groups in total. The topological polar surface area (TPSA) is 85.1 Å². The number of nitro groups is 1. The fraction of sp³-hybridized carbons (Fsp3) is 0.538. The van der Waals surface area contributed by atoms with Gasteiger partial charge in [0.2, 0.25) is 0 Å². The van der Waals surface area contributed by atoms with E-state index in [-0.39, 0.29) is 15.8 Å². The van der Waals surface area contributed by atoms with E-state index in [9.17, 15) is 14.9 Å². The van der Waals surface area contributed by atoms with Crippen molar-refractivity contribution in [2.45, 2.75) is 32.6 Å². The fourth-order valence-corrected chi connectivity index (χ4v) is 2.52. The molecular formula is C13H18ClN3O3S. The Morgan fingerprint density at radius 3 is 2.76 bits per heavy atom. The number of hydrogen-bond donors (Lipinski definition) is 1. The van der Waals surface area contributed by atoms with Gasteiger partial charge in [0.25, 0.3) is 5.69 Å². The lowest BCUT2D eigenvalue weighted by atomic mass is 10.2. The Balaban J connectivity index is 2.18. The number of pyridine rings is 1. The molecule has 0 saturated carbocycles. The quantitative estimate of drug-likeness (QED) is 0.419. The monoisotopic (exact) mass is 331 g/mol. The molecule has 0 aliphatic heterocycles. The van der Waals surface area contributed by atoms with Gasteiger partial charge in [-0.15, -0.1) is 0 Å². The van der Waals surface area contributed by atoms with Crippen LogP contribution in [0.25, 0.3) is 0 Å². The predicted octanol–water partition coefficient (Wildman–Crippen LogP) is 3.90. The van der Waals surface area contributed by atoms with Gasteiger partial charge < -0.3 is 5.32 Å². The van der Waals surface area contributed by atoms with E-state index in [1.165, 1.54) is 24.0 Å². The molecule has 0 fully saturated rings. The highest BCUT2D eigenvalue weighted by Gasteiger charge is 2.10. The molecule has 0 aliphatic carbocycles.